The van der Waals surface area contributed by atoms with E-state index in [4.69, 9.17) is 4.74 Å². The van der Waals surface area contributed by atoms with Crippen molar-refractivity contribution in [2.75, 3.05) is 6.61 Å². The number of esters is 1. The Hall–Kier alpha value is -1.20. The first-order valence-corrected chi connectivity index (χ1v) is 7.41. The van der Waals surface area contributed by atoms with Gasteiger partial charge in [-0.1, -0.05) is 30.3 Å². The lowest BCUT2D eigenvalue weighted by Gasteiger charge is -2.23. The van der Waals surface area contributed by atoms with Crippen LogP contribution in [-0.2, 0) is 20.5 Å². The van der Waals surface area contributed by atoms with Crippen LogP contribution in [0, 0.1) is 0 Å². The molecule has 0 saturated carbocycles. The highest BCUT2D eigenvalue weighted by atomic mass is 32.2. The zero-order valence-electron chi connectivity index (χ0n) is 11.8. The molecule has 0 aliphatic heterocycles. The molecule has 19 heavy (non-hydrogen) atoms. The number of hydrogen-bond donors (Lipinski definition) is 1. The lowest BCUT2D eigenvalue weighted by atomic mass is 10.1. The minimum atomic E-state index is -1.34. The fourth-order valence-corrected chi connectivity index (χ4v) is 2.21. The minimum Gasteiger partial charge on any atom is -0.465 e. The summed E-state index contributed by atoms with van der Waals surface area (Å²) < 4.78 is 19.6. The molecular formula is C14H21NO3S. The molecule has 106 valence electrons. The van der Waals surface area contributed by atoms with Crippen molar-refractivity contribution in [3.8, 4) is 0 Å². The number of benzene rings is 1. The first-order chi connectivity index (χ1) is 8.86. The highest BCUT2D eigenvalue weighted by Crippen LogP contribution is 2.18. The molecule has 0 spiro atoms. The van der Waals surface area contributed by atoms with Gasteiger partial charge in [0.1, 0.15) is 6.04 Å². The lowest BCUT2D eigenvalue weighted by Crippen LogP contribution is -2.39. The van der Waals surface area contributed by atoms with Crippen LogP contribution in [0.15, 0.2) is 30.3 Å². The molecule has 0 amide bonds. The van der Waals surface area contributed by atoms with E-state index >= 15 is 0 Å². The van der Waals surface area contributed by atoms with Crippen LogP contribution >= 0.6 is 0 Å². The van der Waals surface area contributed by atoms with E-state index in [-0.39, 0.29) is 0 Å². The van der Waals surface area contributed by atoms with Crippen LogP contribution in [0.1, 0.15) is 39.3 Å². The molecule has 1 aromatic carbocycles. The predicted molar refractivity (Wildman–Crippen MR) is 76.8 cm³/mol. The number of rotatable bonds is 5. The van der Waals surface area contributed by atoms with Gasteiger partial charge in [-0.3, -0.25) is 0 Å². The van der Waals surface area contributed by atoms with E-state index in [0.29, 0.717) is 6.61 Å². The third-order valence-electron chi connectivity index (χ3n) is 2.44. The Bertz CT molecular complexity index is 440. The Balaban J connectivity index is 2.94. The van der Waals surface area contributed by atoms with E-state index in [1.54, 1.807) is 6.92 Å². The molecule has 5 heteroatoms. The summed E-state index contributed by atoms with van der Waals surface area (Å²) in [6, 6.07) is 8.46. The molecule has 1 N–H and O–H groups in total. The summed E-state index contributed by atoms with van der Waals surface area (Å²) in [6.45, 7) is 7.60. The summed E-state index contributed by atoms with van der Waals surface area (Å²) in [5.74, 6) is -0.411. The SMILES string of the molecule is CCOC(=O)[C@@H](N[S@@](=O)C(C)(C)C)c1ccccc1. The van der Waals surface area contributed by atoms with Gasteiger partial charge >= 0.3 is 5.97 Å². The van der Waals surface area contributed by atoms with Crippen LogP contribution < -0.4 is 4.72 Å². The van der Waals surface area contributed by atoms with Crippen LogP contribution in [0.3, 0.4) is 0 Å². The maximum Gasteiger partial charge on any atom is 0.328 e. The number of nitrogens with one attached hydrogen (secondary N) is 1. The Morgan fingerprint density at radius 3 is 2.37 bits per heavy atom. The Morgan fingerprint density at radius 2 is 1.89 bits per heavy atom. The standard InChI is InChI=1S/C14H21NO3S/c1-5-18-13(16)12(11-9-7-6-8-10-11)15-19(17)14(2,3)4/h6-10,12,15H,5H2,1-4H3/t12-,19-/m0/s1. The van der Waals surface area contributed by atoms with Gasteiger partial charge in [-0.05, 0) is 33.3 Å². The van der Waals surface area contributed by atoms with Crippen molar-refractivity contribution in [3.05, 3.63) is 35.9 Å². The van der Waals surface area contributed by atoms with Crippen molar-refractivity contribution in [2.45, 2.75) is 38.5 Å². The van der Waals surface area contributed by atoms with Crippen molar-refractivity contribution in [1.29, 1.82) is 0 Å². The summed E-state index contributed by atoms with van der Waals surface area (Å²) >= 11 is 0. The summed E-state index contributed by atoms with van der Waals surface area (Å²) in [5.41, 5.74) is 0.749. The van der Waals surface area contributed by atoms with Gasteiger partial charge in [0.05, 0.1) is 22.3 Å². The normalized spacial score (nSPS) is 14.7. The first kappa shape index (κ1) is 15.9. The van der Waals surface area contributed by atoms with Crippen LogP contribution in [0.25, 0.3) is 0 Å². The molecule has 0 radical (unpaired) electrons. The van der Waals surface area contributed by atoms with Gasteiger partial charge in [-0.25, -0.2) is 13.7 Å². The molecule has 0 heterocycles. The molecule has 4 nitrogen and oxygen atoms in total. The van der Waals surface area contributed by atoms with Crippen molar-refractivity contribution in [3.63, 3.8) is 0 Å². The van der Waals surface area contributed by atoms with Gasteiger partial charge in [0.15, 0.2) is 0 Å². The van der Waals surface area contributed by atoms with Crippen LogP contribution in [0.2, 0.25) is 0 Å². The highest BCUT2D eigenvalue weighted by molar-refractivity contribution is 7.84. The van der Waals surface area contributed by atoms with Crippen molar-refractivity contribution in [1.82, 2.24) is 4.72 Å². The highest BCUT2D eigenvalue weighted by Gasteiger charge is 2.28. The molecular weight excluding hydrogens is 262 g/mol. The second-order valence-electron chi connectivity index (χ2n) is 5.09. The quantitative estimate of drug-likeness (QED) is 0.844. The van der Waals surface area contributed by atoms with E-state index in [1.165, 1.54) is 0 Å². The molecule has 2 atom stereocenters. The molecule has 1 aromatic rings. The van der Waals surface area contributed by atoms with E-state index in [0.717, 1.165) is 5.56 Å². The fourth-order valence-electron chi connectivity index (χ4n) is 1.41. The molecule has 1 rings (SSSR count). The van der Waals surface area contributed by atoms with Crippen molar-refractivity contribution < 1.29 is 13.7 Å². The number of ether oxygens (including phenoxy) is 1. The first-order valence-electron chi connectivity index (χ1n) is 6.26. The third-order valence-corrected chi connectivity index (χ3v) is 4.00. The van der Waals surface area contributed by atoms with Gasteiger partial charge in [0.2, 0.25) is 0 Å². The summed E-state index contributed by atoms with van der Waals surface area (Å²) in [6.07, 6.45) is 0. The molecule has 0 unspecified atom stereocenters. The van der Waals surface area contributed by atoms with Crippen LogP contribution in [-0.4, -0.2) is 21.5 Å². The molecule has 0 saturated heterocycles. The maximum absolute atomic E-state index is 12.1. The Labute approximate surface area is 117 Å². The van der Waals surface area contributed by atoms with Gasteiger partial charge in [-0.15, -0.1) is 0 Å². The van der Waals surface area contributed by atoms with E-state index in [2.05, 4.69) is 4.72 Å². The number of carbonyl (C=O) groups is 1. The summed E-state index contributed by atoms with van der Waals surface area (Å²) in [5, 5.41) is 0. The molecule has 0 aliphatic rings. The third kappa shape index (κ3) is 4.76. The molecule has 0 bridgehead atoms. The zero-order chi connectivity index (χ0) is 14.5. The molecule has 0 fully saturated rings. The summed E-state index contributed by atoms with van der Waals surface area (Å²) in [7, 11) is -1.34. The second kappa shape index (κ2) is 6.82. The van der Waals surface area contributed by atoms with E-state index in [1.807, 2.05) is 51.1 Å². The smallest absolute Gasteiger partial charge is 0.328 e. The molecule has 0 aliphatic carbocycles. The summed E-state index contributed by atoms with van der Waals surface area (Å²) in [4.78, 5) is 12.0. The Morgan fingerprint density at radius 1 is 1.32 bits per heavy atom. The van der Waals surface area contributed by atoms with Crippen molar-refractivity contribution in [2.24, 2.45) is 0 Å². The number of carbonyl (C=O) groups excluding carboxylic acids is 1. The Kier molecular flexibility index (Phi) is 5.69. The van der Waals surface area contributed by atoms with Gasteiger partial charge < -0.3 is 4.74 Å². The van der Waals surface area contributed by atoms with Gasteiger partial charge in [-0.2, -0.15) is 0 Å². The zero-order valence-corrected chi connectivity index (χ0v) is 12.6. The minimum absolute atomic E-state index is 0.298. The lowest BCUT2D eigenvalue weighted by molar-refractivity contribution is -0.145. The average molecular weight is 283 g/mol. The van der Waals surface area contributed by atoms with Crippen LogP contribution in [0.5, 0.6) is 0 Å². The predicted octanol–water partition coefficient (Wildman–Crippen LogP) is 2.34. The van der Waals surface area contributed by atoms with E-state index in [9.17, 15) is 9.00 Å². The molecule has 0 aromatic heterocycles. The van der Waals surface area contributed by atoms with Gasteiger partial charge in [0.25, 0.3) is 0 Å². The fraction of sp³-hybridized carbons (Fsp3) is 0.500. The van der Waals surface area contributed by atoms with E-state index < -0.39 is 27.7 Å². The monoisotopic (exact) mass is 283 g/mol. The topological polar surface area (TPSA) is 55.4 Å². The number of hydrogen-bond acceptors (Lipinski definition) is 3. The van der Waals surface area contributed by atoms with Crippen LogP contribution in [0.4, 0.5) is 0 Å². The largest absolute Gasteiger partial charge is 0.465 e. The average Bonchev–Trinajstić information content (AvgIpc) is 2.35. The second-order valence-corrected chi connectivity index (χ2v) is 7.09. The maximum atomic E-state index is 12.1. The van der Waals surface area contributed by atoms with Gasteiger partial charge in [0, 0.05) is 0 Å². The van der Waals surface area contributed by atoms with Crippen molar-refractivity contribution >= 4 is 17.0 Å².